The van der Waals surface area contributed by atoms with Crippen LogP contribution in [0.15, 0.2) is 29.1 Å². The van der Waals surface area contributed by atoms with Crippen LogP contribution in [0.5, 0.6) is 0 Å². The predicted octanol–water partition coefficient (Wildman–Crippen LogP) is 0.891. The van der Waals surface area contributed by atoms with E-state index in [2.05, 4.69) is 20.5 Å². The Bertz CT molecular complexity index is 845. The lowest BCUT2D eigenvalue weighted by Crippen LogP contribution is -2.46. The average Bonchev–Trinajstić information content (AvgIpc) is 3.07. The van der Waals surface area contributed by atoms with Crippen LogP contribution in [0.3, 0.4) is 0 Å². The number of amides is 2. The Kier molecular flexibility index (Phi) is 6.28. The molecule has 1 saturated heterocycles. The van der Waals surface area contributed by atoms with Gasteiger partial charge in [-0.1, -0.05) is 23.7 Å². The molecule has 1 fully saturated rings. The SMILES string of the molecule is O=C(NCCc1n[nH]c(=O)[nH]1)[C@H]1CCC(=O)N(CCc2ccc(Cl)cc2)C1. The van der Waals surface area contributed by atoms with Crippen LogP contribution < -0.4 is 11.0 Å². The number of aromatic nitrogens is 3. The molecule has 2 aromatic rings. The highest BCUT2D eigenvalue weighted by Gasteiger charge is 2.29. The molecule has 144 valence electrons. The van der Waals surface area contributed by atoms with E-state index >= 15 is 0 Å². The van der Waals surface area contributed by atoms with Crippen molar-refractivity contribution in [2.45, 2.75) is 25.7 Å². The fraction of sp³-hybridized carbons (Fsp3) is 0.444. The van der Waals surface area contributed by atoms with Crippen molar-refractivity contribution in [1.82, 2.24) is 25.4 Å². The first-order chi connectivity index (χ1) is 13.0. The molecule has 2 amide bonds. The molecular weight excluding hydrogens is 370 g/mol. The summed E-state index contributed by atoms with van der Waals surface area (Å²) in [5.74, 6) is 0.300. The number of likely N-dealkylation sites (tertiary alicyclic amines) is 1. The summed E-state index contributed by atoms with van der Waals surface area (Å²) < 4.78 is 0. The second-order valence-electron chi connectivity index (χ2n) is 6.62. The number of benzene rings is 1. The van der Waals surface area contributed by atoms with Crippen LogP contribution in [-0.4, -0.2) is 51.5 Å². The van der Waals surface area contributed by atoms with Crippen molar-refractivity contribution in [2.24, 2.45) is 5.92 Å². The lowest BCUT2D eigenvalue weighted by atomic mass is 9.96. The number of rotatable bonds is 7. The minimum atomic E-state index is -0.363. The van der Waals surface area contributed by atoms with E-state index in [9.17, 15) is 14.4 Å². The highest BCUT2D eigenvalue weighted by Crippen LogP contribution is 2.19. The maximum atomic E-state index is 12.4. The summed E-state index contributed by atoms with van der Waals surface area (Å²) in [6.45, 7) is 1.39. The van der Waals surface area contributed by atoms with Crippen molar-refractivity contribution in [3.8, 4) is 0 Å². The number of nitrogens with zero attached hydrogens (tertiary/aromatic N) is 2. The minimum Gasteiger partial charge on any atom is -0.355 e. The number of carbonyl (C=O) groups is 2. The summed E-state index contributed by atoms with van der Waals surface area (Å²) in [5.41, 5.74) is 0.741. The largest absolute Gasteiger partial charge is 0.355 e. The molecule has 0 bridgehead atoms. The van der Waals surface area contributed by atoms with Crippen LogP contribution in [0, 0.1) is 5.92 Å². The summed E-state index contributed by atoms with van der Waals surface area (Å²) in [5, 5.41) is 9.63. The summed E-state index contributed by atoms with van der Waals surface area (Å²) in [6, 6.07) is 7.55. The number of hydrogen-bond acceptors (Lipinski definition) is 4. The van der Waals surface area contributed by atoms with Gasteiger partial charge in [0.2, 0.25) is 11.8 Å². The maximum Gasteiger partial charge on any atom is 0.340 e. The molecular formula is C18H22ClN5O3. The minimum absolute atomic E-state index is 0.0723. The van der Waals surface area contributed by atoms with E-state index in [4.69, 9.17) is 11.6 Å². The molecule has 0 unspecified atom stereocenters. The molecule has 2 heterocycles. The molecule has 9 heteroatoms. The van der Waals surface area contributed by atoms with Gasteiger partial charge in [0.1, 0.15) is 5.82 Å². The van der Waals surface area contributed by atoms with E-state index < -0.39 is 0 Å². The van der Waals surface area contributed by atoms with Crippen molar-refractivity contribution in [3.05, 3.63) is 51.2 Å². The Morgan fingerprint density at radius 2 is 2.04 bits per heavy atom. The van der Waals surface area contributed by atoms with Gasteiger partial charge in [0.15, 0.2) is 0 Å². The summed E-state index contributed by atoms with van der Waals surface area (Å²) in [6.07, 6.45) is 2.10. The number of hydrogen-bond donors (Lipinski definition) is 3. The van der Waals surface area contributed by atoms with E-state index in [-0.39, 0.29) is 23.4 Å². The Hall–Kier alpha value is -2.61. The first-order valence-electron chi connectivity index (χ1n) is 8.95. The predicted molar refractivity (Wildman–Crippen MR) is 100 cm³/mol. The van der Waals surface area contributed by atoms with Crippen molar-refractivity contribution in [3.63, 3.8) is 0 Å². The number of carbonyl (C=O) groups excluding carboxylic acids is 2. The number of H-pyrrole nitrogens is 2. The second-order valence-corrected chi connectivity index (χ2v) is 7.05. The Labute approximate surface area is 161 Å². The van der Waals surface area contributed by atoms with Crippen LogP contribution in [0.2, 0.25) is 5.02 Å². The third-order valence-electron chi connectivity index (χ3n) is 4.67. The number of aromatic amines is 2. The molecule has 0 radical (unpaired) electrons. The first-order valence-corrected chi connectivity index (χ1v) is 9.32. The van der Waals surface area contributed by atoms with Crippen molar-refractivity contribution < 1.29 is 9.59 Å². The molecule has 0 saturated carbocycles. The molecule has 1 aromatic heterocycles. The van der Waals surface area contributed by atoms with Gasteiger partial charge in [-0.2, -0.15) is 5.10 Å². The van der Waals surface area contributed by atoms with Gasteiger partial charge in [-0.25, -0.2) is 9.89 Å². The van der Waals surface area contributed by atoms with Crippen molar-refractivity contribution in [2.75, 3.05) is 19.6 Å². The van der Waals surface area contributed by atoms with Crippen LogP contribution in [-0.2, 0) is 22.4 Å². The van der Waals surface area contributed by atoms with Crippen molar-refractivity contribution in [1.29, 1.82) is 0 Å². The lowest BCUT2D eigenvalue weighted by Gasteiger charge is -2.32. The quantitative estimate of drug-likeness (QED) is 0.650. The van der Waals surface area contributed by atoms with Gasteiger partial charge < -0.3 is 10.2 Å². The topological polar surface area (TPSA) is 111 Å². The van der Waals surface area contributed by atoms with Gasteiger partial charge in [0.05, 0.1) is 5.92 Å². The molecule has 8 nitrogen and oxygen atoms in total. The number of piperidine rings is 1. The van der Waals surface area contributed by atoms with Crippen LogP contribution >= 0.6 is 11.6 Å². The maximum absolute atomic E-state index is 12.4. The zero-order chi connectivity index (χ0) is 19.2. The zero-order valence-electron chi connectivity index (χ0n) is 14.8. The van der Waals surface area contributed by atoms with E-state index in [1.807, 2.05) is 24.3 Å². The fourth-order valence-electron chi connectivity index (χ4n) is 3.13. The molecule has 0 spiro atoms. The van der Waals surface area contributed by atoms with Gasteiger partial charge >= 0.3 is 5.69 Å². The number of halogens is 1. The lowest BCUT2D eigenvalue weighted by molar-refractivity contribution is -0.138. The third kappa shape index (κ3) is 5.43. The van der Waals surface area contributed by atoms with Gasteiger partial charge in [0.25, 0.3) is 0 Å². The van der Waals surface area contributed by atoms with Crippen LogP contribution in [0.1, 0.15) is 24.2 Å². The zero-order valence-corrected chi connectivity index (χ0v) is 15.6. The Balaban J connectivity index is 1.46. The Morgan fingerprint density at radius 1 is 1.26 bits per heavy atom. The Morgan fingerprint density at radius 3 is 2.74 bits per heavy atom. The first kappa shape index (κ1) is 19.2. The summed E-state index contributed by atoms with van der Waals surface area (Å²) in [4.78, 5) is 39.8. The van der Waals surface area contributed by atoms with Gasteiger partial charge in [-0.3, -0.25) is 14.6 Å². The molecule has 1 aliphatic rings. The van der Waals surface area contributed by atoms with Crippen LogP contribution in [0.4, 0.5) is 0 Å². The summed E-state index contributed by atoms with van der Waals surface area (Å²) >= 11 is 5.89. The molecule has 1 atom stereocenters. The molecule has 3 rings (SSSR count). The van der Waals surface area contributed by atoms with Gasteiger partial charge in [-0.15, -0.1) is 0 Å². The normalized spacial score (nSPS) is 17.1. The fourth-order valence-corrected chi connectivity index (χ4v) is 3.26. The molecule has 27 heavy (non-hydrogen) atoms. The molecule has 3 N–H and O–H groups in total. The standard InChI is InChI=1S/C18H22ClN5O3/c19-14-4-1-12(2-5-14)8-10-24-11-13(3-6-16(24)25)17(26)20-9-7-15-21-18(27)23-22-15/h1-2,4-5,13H,3,6-11H2,(H,20,26)(H2,21,22,23,27)/t13-/m0/s1. The molecule has 1 aromatic carbocycles. The summed E-state index contributed by atoms with van der Waals surface area (Å²) in [7, 11) is 0. The van der Waals surface area contributed by atoms with Gasteiger partial charge in [-0.05, 0) is 30.5 Å². The second kappa shape index (κ2) is 8.85. The smallest absolute Gasteiger partial charge is 0.340 e. The average molecular weight is 392 g/mol. The monoisotopic (exact) mass is 391 g/mol. The highest BCUT2D eigenvalue weighted by atomic mass is 35.5. The number of nitrogens with one attached hydrogen (secondary N) is 3. The molecule has 1 aliphatic heterocycles. The van der Waals surface area contributed by atoms with Crippen LogP contribution in [0.25, 0.3) is 0 Å². The van der Waals surface area contributed by atoms with Crippen molar-refractivity contribution >= 4 is 23.4 Å². The third-order valence-corrected chi connectivity index (χ3v) is 4.92. The highest BCUT2D eigenvalue weighted by molar-refractivity contribution is 6.30. The van der Waals surface area contributed by atoms with E-state index in [0.29, 0.717) is 49.7 Å². The van der Waals surface area contributed by atoms with E-state index in [1.54, 1.807) is 4.90 Å². The molecule has 0 aliphatic carbocycles. The van der Waals surface area contributed by atoms with E-state index in [0.717, 1.165) is 12.0 Å². The van der Waals surface area contributed by atoms with E-state index in [1.165, 1.54) is 0 Å². The van der Waals surface area contributed by atoms with Gasteiger partial charge in [0, 0.05) is 37.5 Å².